The summed E-state index contributed by atoms with van der Waals surface area (Å²) in [4.78, 5) is 22.2. The van der Waals surface area contributed by atoms with Gasteiger partial charge in [-0.1, -0.05) is 17.7 Å². The van der Waals surface area contributed by atoms with E-state index in [1.807, 2.05) is 12.1 Å². The van der Waals surface area contributed by atoms with E-state index in [0.717, 1.165) is 5.69 Å². The Morgan fingerprint density at radius 3 is 3.05 bits per heavy atom. The van der Waals surface area contributed by atoms with Crippen molar-refractivity contribution in [1.82, 2.24) is 9.97 Å². The van der Waals surface area contributed by atoms with Crippen molar-refractivity contribution in [3.8, 4) is 5.88 Å². The van der Waals surface area contributed by atoms with Crippen molar-refractivity contribution >= 4 is 29.1 Å². The SMILES string of the molecule is COc1ccnc(NC2CC(=O)N(c3cccc(Cl)c3)C2)n1. The zero-order chi connectivity index (χ0) is 15.5. The molecule has 0 saturated carbocycles. The van der Waals surface area contributed by atoms with Crippen LogP contribution < -0.4 is 15.0 Å². The standard InChI is InChI=1S/C15H15ClN4O2/c1-22-13-5-6-17-15(19-13)18-11-8-14(21)20(9-11)12-4-2-3-10(16)7-12/h2-7,11H,8-9H2,1H3,(H,17,18,19). The van der Waals surface area contributed by atoms with E-state index in [4.69, 9.17) is 16.3 Å². The molecule has 0 bridgehead atoms. The van der Waals surface area contributed by atoms with E-state index in [0.29, 0.717) is 29.8 Å². The molecule has 0 radical (unpaired) electrons. The Morgan fingerprint density at radius 1 is 1.41 bits per heavy atom. The number of hydrogen-bond acceptors (Lipinski definition) is 5. The largest absolute Gasteiger partial charge is 0.481 e. The third kappa shape index (κ3) is 3.12. The van der Waals surface area contributed by atoms with Gasteiger partial charge in [0.05, 0.1) is 13.2 Å². The molecule has 2 heterocycles. The second-order valence-electron chi connectivity index (χ2n) is 4.95. The molecule has 1 N–H and O–H groups in total. The van der Waals surface area contributed by atoms with E-state index < -0.39 is 0 Å². The zero-order valence-electron chi connectivity index (χ0n) is 12.0. The van der Waals surface area contributed by atoms with Gasteiger partial charge in [0, 0.05) is 35.9 Å². The zero-order valence-corrected chi connectivity index (χ0v) is 12.7. The monoisotopic (exact) mass is 318 g/mol. The average Bonchev–Trinajstić information content (AvgIpc) is 2.88. The van der Waals surface area contributed by atoms with Crippen LogP contribution in [0.25, 0.3) is 0 Å². The van der Waals surface area contributed by atoms with Crippen molar-refractivity contribution in [3.05, 3.63) is 41.6 Å². The van der Waals surface area contributed by atoms with Crippen LogP contribution in [0.5, 0.6) is 5.88 Å². The Kier molecular flexibility index (Phi) is 4.11. The van der Waals surface area contributed by atoms with Crippen molar-refractivity contribution < 1.29 is 9.53 Å². The van der Waals surface area contributed by atoms with Gasteiger partial charge in [0.2, 0.25) is 17.7 Å². The van der Waals surface area contributed by atoms with E-state index in [1.165, 1.54) is 0 Å². The highest BCUT2D eigenvalue weighted by Crippen LogP contribution is 2.25. The molecule has 6 nitrogen and oxygen atoms in total. The normalized spacial score (nSPS) is 17.6. The number of amides is 1. The fourth-order valence-electron chi connectivity index (χ4n) is 2.41. The van der Waals surface area contributed by atoms with Crippen LogP contribution in [0.2, 0.25) is 5.02 Å². The van der Waals surface area contributed by atoms with Gasteiger partial charge < -0.3 is 15.0 Å². The summed E-state index contributed by atoms with van der Waals surface area (Å²) >= 11 is 5.98. The molecule has 0 spiro atoms. The summed E-state index contributed by atoms with van der Waals surface area (Å²) in [5.74, 6) is 0.973. The molecule has 1 fully saturated rings. The third-order valence-electron chi connectivity index (χ3n) is 3.42. The number of rotatable bonds is 4. The van der Waals surface area contributed by atoms with Crippen LogP contribution in [0.1, 0.15) is 6.42 Å². The molecule has 0 aliphatic carbocycles. The van der Waals surface area contributed by atoms with Gasteiger partial charge in [-0.25, -0.2) is 4.98 Å². The van der Waals surface area contributed by atoms with Crippen molar-refractivity contribution in [2.24, 2.45) is 0 Å². The number of nitrogens with one attached hydrogen (secondary N) is 1. The van der Waals surface area contributed by atoms with Crippen molar-refractivity contribution in [2.45, 2.75) is 12.5 Å². The molecule has 22 heavy (non-hydrogen) atoms. The topological polar surface area (TPSA) is 67.3 Å². The van der Waals surface area contributed by atoms with Crippen molar-refractivity contribution in [2.75, 3.05) is 23.9 Å². The summed E-state index contributed by atoms with van der Waals surface area (Å²) in [6.07, 6.45) is 1.99. The molecule has 1 aliphatic rings. The fraction of sp³-hybridized carbons (Fsp3) is 0.267. The summed E-state index contributed by atoms with van der Waals surface area (Å²) in [6, 6.07) is 8.88. The number of carbonyl (C=O) groups excluding carboxylic acids is 1. The average molecular weight is 319 g/mol. The number of benzene rings is 1. The minimum absolute atomic E-state index is 0.0441. The Labute approximate surface area is 133 Å². The summed E-state index contributed by atoms with van der Waals surface area (Å²) in [5, 5.41) is 3.77. The van der Waals surface area contributed by atoms with Gasteiger partial charge in [0.15, 0.2) is 0 Å². The second kappa shape index (κ2) is 6.19. The molecule has 1 atom stereocenters. The first-order valence-electron chi connectivity index (χ1n) is 6.85. The van der Waals surface area contributed by atoms with Crippen LogP contribution >= 0.6 is 11.6 Å². The first-order chi connectivity index (χ1) is 10.7. The number of halogens is 1. The maximum atomic E-state index is 12.2. The molecule has 1 saturated heterocycles. The third-order valence-corrected chi connectivity index (χ3v) is 3.65. The lowest BCUT2D eigenvalue weighted by atomic mass is 10.2. The van der Waals surface area contributed by atoms with Gasteiger partial charge in [0.1, 0.15) is 0 Å². The highest BCUT2D eigenvalue weighted by molar-refractivity contribution is 6.30. The van der Waals surface area contributed by atoms with E-state index in [1.54, 1.807) is 36.4 Å². The highest BCUT2D eigenvalue weighted by atomic mass is 35.5. The molecule has 2 aromatic rings. The van der Waals surface area contributed by atoms with E-state index in [2.05, 4.69) is 15.3 Å². The maximum Gasteiger partial charge on any atom is 0.229 e. The summed E-state index contributed by atoms with van der Waals surface area (Å²) < 4.78 is 5.06. The van der Waals surface area contributed by atoms with Gasteiger partial charge in [0.25, 0.3) is 0 Å². The van der Waals surface area contributed by atoms with Crippen LogP contribution in [0.4, 0.5) is 11.6 Å². The van der Waals surface area contributed by atoms with Crippen LogP contribution in [0.3, 0.4) is 0 Å². The first-order valence-corrected chi connectivity index (χ1v) is 7.23. The number of ether oxygens (including phenoxy) is 1. The summed E-state index contributed by atoms with van der Waals surface area (Å²) in [7, 11) is 1.55. The first kappa shape index (κ1) is 14.6. The van der Waals surface area contributed by atoms with Crippen LogP contribution in [0, 0.1) is 0 Å². The van der Waals surface area contributed by atoms with Crippen LogP contribution in [-0.2, 0) is 4.79 Å². The predicted octanol–water partition coefficient (Wildman–Crippen LogP) is 2.36. The van der Waals surface area contributed by atoms with Crippen molar-refractivity contribution in [3.63, 3.8) is 0 Å². The number of aromatic nitrogens is 2. The Bertz CT molecular complexity index is 695. The molecule has 1 unspecified atom stereocenters. The van der Waals surface area contributed by atoms with Gasteiger partial charge in [-0.15, -0.1) is 0 Å². The summed E-state index contributed by atoms with van der Waals surface area (Å²) in [6.45, 7) is 0.541. The molecule has 3 rings (SSSR count). The minimum Gasteiger partial charge on any atom is -0.481 e. The lowest BCUT2D eigenvalue weighted by molar-refractivity contribution is -0.117. The van der Waals surface area contributed by atoms with Crippen LogP contribution in [0.15, 0.2) is 36.5 Å². The van der Waals surface area contributed by atoms with E-state index in [-0.39, 0.29) is 11.9 Å². The number of methoxy groups -OCH3 is 1. The molecule has 1 aliphatic heterocycles. The number of anilines is 2. The smallest absolute Gasteiger partial charge is 0.229 e. The van der Waals surface area contributed by atoms with Crippen LogP contribution in [-0.4, -0.2) is 35.6 Å². The molecule has 1 aromatic heterocycles. The van der Waals surface area contributed by atoms with Gasteiger partial charge in [-0.05, 0) is 18.2 Å². The Balaban J connectivity index is 1.71. The minimum atomic E-state index is -0.0569. The number of hydrogen-bond donors (Lipinski definition) is 1. The lowest BCUT2D eigenvalue weighted by Gasteiger charge is -2.17. The van der Waals surface area contributed by atoms with E-state index >= 15 is 0 Å². The fourth-order valence-corrected chi connectivity index (χ4v) is 2.59. The van der Waals surface area contributed by atoms with Gasteiger partial charge >= 0.3 is 0 Å². The lowest BCUT2D eigenvalue weighted by Crippen LogP contribution is -2.28. The van der Waals surface area contributed by atoms with Gasteiger partial charge in [-0.2, -0.15) is 4.98 Å². The van der Waals surface area contributed by atoms with Gasteiger partial charge in [-0.3, -0.25) is 4.79 Å². The van der Waals surface area contributed by atoms with E-state index in [9.17, 15) is 4.79 Å². The molecule has 7 heteroatoms. The Morgan fingerprint density at radius 2 is 2.27 bits per heavy atom. The number of nitrogens with zero attached hydrogens (tertiary/aromatic N) is 3. The van der Waals surface area contributed by atoms with Crippen molar-refractivity contribution in [1.29, 1.82) is 0 Å². The molecular weight excluding hydrogens is 304 g/mol. The summed E-state index contributed by atoms with van der Waals surface area (Å²) in [5.41, 5.74) is 0.799. The molecular formula is C15H15ClN4O2. The maximum absolute atomic E-state index is 12.2. The molecule has 1 amide bonds. The Hall–Kier alpha value is -2.34. The number of carbonyl (C=O) groups is 1. The quantitative estimate of drug-likeness (QED) is 0.937. The second-order valence-corrected chi connectivity index (χ2v) is 5.39. The predicted molar refractivity (Wildman–Crippen MR) is 84.4 cm³/mol. The molecule has 1 aromatic carbocycles. The molecule has 114 valence electrons. The highest BCUT2D eigenvalue weighted by Gasteiger charge is 2.31.